The minimum absolute atomic E-state index is 0.166. The van der Waals surface area contributed by atoms with Gasteiger partial charge in [0.05, 0.1) is 0 Å². The minimum atomic E-state index is 0.166. The van der Waals surface area contributed by atoms with E-state index in [1.54, 1.807) is 0 Å². The lowest BCUT2D eigenvalue weighted by molar-refractivity contribution is -0.132. The number of carbonyl (C=O) groups excluding carboxylic acids is 1. The molecule has 0 aromatic heterocycles. The molecule has 0 spiro atoms. The molecule has 0 aliphatic carbocycles. The van der Waals surface area contributed by atoms with E-state index in [-0.39, 0.29) is 5.91 Å². The quantitative estimate of drug-likeness (QED) is 0.885. The van der Waals surface area contributed by atoms with Crippen LogP contribution in [0.15, 0.2) is 30.3 Å². The fourth-order valence-corrected chi connectivity index (χ4v) is 2.84. The molecule has 2 N–H and O–H groups in total. The molecule has 1 saturated heterocycles. The van der Waals surface area contributed by atoms with E-state index in [1.807, 2.05) is 18.0 Å². The summed E-state index contributed by atoms with van der Waals surface area (Å²) < 4.78 is 0. The standard InChI is InChI=1S/C16H25N3O/c1-18(16(20)9-10-17)15-8-5-11-19(13-15)12-14-6-3-2-4-7-14/h2-4,6-7,15H,5,8-13,17H2,1H3. The third-order valence-corrected chi connectivity index (χ3v) is 4.03. The lowest BCUT2D eigenvalue weighted by Crippen LogP contribution is -2.48. The van der Waals surface area contributed by atoms with Gasteiger partial charge >= 0.3 is 0 Å². The monoisotopic (exact) mass is 275 g/mol. The molecule has 1 amide bonds. The summed E-state index contributed by atoms with van der Waals surface area (Å²) in [7, 11) is 1.91. The van der Waals surface area contributed by atoms with Crippen molar-refractivity contribution in [2.45, 2.75) is 31.8 Å². The van der Waals surface area contributed by atoms with Crippen molar-refractivity contribution < 1.29 is 4.79 Å². The maximum absolute atomic E-state index is 11.9. The average molecular weight is 275 g/mol. The number of benzene rings is 1. The van der Waals surface area contributed by atoms with Crippen LogP contribution in [0.25, 0.3) is 0 Å². The van der Waals surface area contributed by atoms with Gasteiger partial charge in [0, 0.05) is 39.1 Å². The predicted molar refractivity (Wildman–Crippen MR) is 81.2 cm³/mol. The Morgan fingerprint density at radius 2 is 2.15 bits per heavy atom. The Labute approximate surface area is 121 Å². The van der Waals surface area contributed by atoms with Crippen molar-refractivity contribution in [1.29, 1.82) is 0 Å². The fraction of sp³-hybridized carbons (Fsp3) is 0.562. The van der Waals surface area contributed by atoms with Gasteiger partial charge in [0.15, 0.2) is 0 Å². The molecular weight excluding hydrogens is 250 g/mol. The topological polar surface area (TPSA) is 49.6 Å². The van der Waals surface area contributed by atoms with Gasteiger partial charge in [-0.05, 0) is 24.9 Å². The summed E-state index contributed by atoms with van der Waals surface area (Å²) in [5, 5.41) is 0. The van der Waals surface area contributed by atoms with Crippen LogP contribution in [0.2, 0.25) is 0 Å². The van der Waals surface area contributed by atoms with E-state index < -0.39 is 0 Å². The van der Waals surface area contributed by atoms with Gasteiger partial charge in [-0.2, -0.15) is 0 Å². The van der Waals surface area contributed by atoms with Crippen molar-refractivity contribution in [2.24, 2.45) is 5.73 Å². The van der Waals surface area contributed by atoms with E-state index in [9.17, 15) is 4.79 Å². The van der Waals surface area contributed by atoms with Crippen LogP contribution in [0.5, 0.6) is 0 Å². The molecule has 1 aliphatic heterocycles. The number of carbonyl (C=O) groups is 1. The Morgan fingerprint density at radius 1 is 1.40 bits per heavy atom. The maximum atomic E-state index is 11.9. The van der Waals surface area contributed by atoms with Gasteiger partial charge in [0.1, 0.15) is 0 Å². The zero-order valence-corrected chi connectivity index (χ0v) is 12.3. The van der Waals surface area contributed by atoms with Crippen molar-refractivity contribution in [1.82, 2.24) is 9.80 Å². The van der Waals surface area contributed by atoms with Crippen molar-refractivity contribution >= 4 is 5.91 Å². The first-order valence-corrected chi connectivity index (χ1v) is 7.42. The smallest absolute Gasteiger partial charge is 0.223 e. The summed E-state index contributed by atoms with van der Waals surface area (Å²) in [6, 6.07) is 10.8. The SMILES string of the molecule is CN(C(=O)CCN)C1CCCN(Cc2ccccc2)C1. The van der Waals surface area contributed by atoms with Gasteiger partial charge in [-0.25, -0.2) is 0 Å². The van der Waals surface area contributed by atoms with Gasteiger partial charge in [0.25, 0.3) is 0 Å². The molecule has 0 saturated carbocycles. The van der Waals surface area contributed by atoms with Crippen molar-refractivity contribution in [3.63, 3.8) is 0 Å². The highest BCUT2D eigenvalue weighted by Crippen LogP contribution is 2.17. The van der Waals surface area contributed by atoms with E-state index >= 15 is 0 Å². The summed E-state index contributed by atoms with van der Waals surface area (Å²) in [5.74, 6) is 0.166. The largest absolute Gasteiger partial charge is 0.341 e. The zero-order valence-electron chi connectivity index (χ0n) is 12.3. The first-order valence-electron chi connectivity index (χ1n) is 7.42. The number of nitrogens with zero attached hydrogens (tertiary/aromatic N) is 2. The Morgan fingerprint density at radius 3 is 2.85 bits per heavy atom. The number of rotatable bonds is 5. The normalized spacial score (nSPS) is 19.8. The number of hydrogen-bond donors (Lipinski definition) is 1. The molecule has 1 atom stereocenters. The van der Waals surface area contributed by atoms with Gasteiger partial charge < -0.3 is 10.6 Å². The third kappa shape index (κ3) is 4.05. The lowest BCUT2D eigenvalue weighted by Gasteiger charge is -2.37. The number of nitrogens with two attached hydrogens (primary N) is 1. The van der Waals surface area contributed by atoms with Gasteiger partial charge in [-0.1, -0.05) is 30.3 Å². The Kier molecular flexibility index (Phi) is 5.56. The predicted octanol–water partition coefficient (Wildman–Crippen LogP) is 1.46. The molecule has 2 rings (SSSR count). The van der Waals surface area contributed by atoms with E-state index in [4.69, 9.17) is 5.73 Å². The van der Waals surface area contributed by atoms with Crippen LogP contribution in [0, 0.1) is 0 Å². The number of amides is 1. The van der Waals surface area contributed by atoms with Crippen LogP contribution in [0.4, 0.5) is 0 Å². The first kappa shape index (κ1) is 15.0. The number of likely N-dealkylation sites (tertiary alicyclic amines) is 1. The second-order valence-corrected chi connectivity index (χ2v) is 5.56. The maximum Gasteiger partial charge on any atom is 0.223 e. The second kappa shape index (κ2) is 7.41. The molecule has 1 fully saturated rings. The van der Waals surface area contributed by atoms with E-state index in [1.165, 1.54) is 5.56 Å². The molecule has 20 heavy (non-hydrogen) atoms. The van der Waals surface area contributed by atoms with Crippen molar-refractivity contribution in [3.8, 4) is 0 Å². The van der Waals surface area contributed by atoms with E-state index in [0.29, 0.717) is 19.0 Å². The van der Waals surface area contributed by atoms with Crippen LogP contribution >= 0.6 is 0 Å². The summed E-state index contributed by atoms with van der Waals surface area (Å²) in [5.41, 5.74) is 6.81. The fourth-order valence-electron chi connectivity index (χ4n) is 2.84. The van der Waals surface area contributed by atoms with Crippen LogP contribution in [-0.4, -0.2) is 48.4 Å². The highest BCUT2D eigenvalue weighted by Gasteiger charge is 2.25. The highest BCUT2D eigenvalue weighted by atomic mass is 16.2. The van der Waals surface area contributed by atoms with E-state index in [0.717, 1.165) is 32.5 Å². The van der Waals surface area contributed by atoms with Gasteiger partial charge in [0.2, 0.25) is 5.91 Å². The Balaban J connectivity index is 1.90. The molecule has 110 valence electrons. The van der Waals surface area contributed by atoms with Crippen LogP contribution in [0.3, 0.4) is 0 Å². The summed E-state index contributed by atoms with van der Waals surface area (Å²) in [4.78, 5) is 16.3. The molecule has 1 aromatic rings. The molecule has 1 aromatic carbocycles. The Bertz CT molecular complexity index is 421. The summed E-state index contributed by atoms with van der Waals surface area (Å²) in [6.45, 7) is 3.48. The van der Waals surface area contributed by atoms with Crippen molar-refractivity contribution in [3.05, 3.63) is 35.9 Å². The third-order valence-electron chi connectivity index (χ3n) is 4.03. The van der Waals surface area contributed by atoms with Crippen LogP contribution < -0.4 is 5.73 Å². The van der Waals surface area contributed by atoms with Crippen LogP contribution in [0.1, 0.15) is 24.8 Å². The summed E-state index contributed by atoms with van der Waals surface area (Å²) >= 11 is 0. The lowest BCUT2D eigenvalue weighted by atomic mass is 10.0. The molecule has 1 aliphatic rings. The highest BCUT2D eigenvalue weighted by molar-refractivity contribution is 5.76. The molecule has 1 heterocycles. The van der Waals surface area contributed by atoms with Gasteiger partial charge in [-0.15, -0.1) is 0 Å². The molecule has 1 unspecified atom stereocenters. The molecule has 0 bridgehead atoms. The molecular formula is C16H25N3O. The molecule has 4 nitrogen and oxygen atoms in total. The van der Waals surface area contributed by atoms with Gasteiger partial charge in [-0.3, -0.25) is 9.69 Å². The number of hydrogen-bond acceptors (Lipinski definition) is 3. The van der Waals surface area contributed by atoms with Crippen molar-refractivity contribution in [2.75, 3.05) is 26.7 Å². The van der Waals surface area contributed by atoms with E-state index in [2.05, 4.69) is 29.2 Å². The Hall–Kier alpha value is -1.39. The zero-order chi connectivity index (χ0) is 14.4. The molecule has 4 heteroatoms. The average Bonchev–Trinajstić information content (AvgIpc) is 2.48. The number of likely N-dealkylation sites (N-methyl/N-ethyl adjacent to an activating group) is 1. The summed E-state index contributed by atoms with van der Waals surface area (Å²) in [6.07, 6.45) is 2.70. The van der Waals surface area contributed by atoms with Crippen LogP contribution in [-0.2, 0) is 11.3 Å². The molecule has 0 radical (unpaired) electrons. The minimum Gasteiger partial charge on any atom is -0.341 e. The first-order chi connectivity index (χ1) is 9.70. The second-order valence-electron chi connectivity index (χ2n) is 5.56. The number of piperidine rings is 1.